The van der Waals surface area contributed by atoms with E-state index in [0.717, 1.165) is 23.0 Å². The number of piperazine rings is 1. The molecule has 0 saturated carbocycles. The number of anilines is 1. The van der Waals surface area contributed by atoms with Crippen LogP contribution in [-0.2, 0) is 13.0 Å². The summed E-state index contributed by atoms with van der Waals surface area (Å²) in [6, 6.07) is 5.85. The minimum atomic E-state index is -0.333. The molecule has 1 aromatic carbocycles. The zero-order valence-electron chi connectivity index (χ0n) is 14.9. The van der Waals surface area contributed by atoms with Crippen molar-refractivity contribution in [3.63, 3.8) is 0 Å². The van der Waals surface area contributed by atoms with Crippen molar-refractivity contribution in [3.05, 3.63) is 47.5 Å². The highest BCUT2D eigenvalue weighted by Crippen LogP contribution is 2.28. The number of amides is 2. The Labute approximate surface area is 159 Å². The van der Waals surface area contributed by atoms with E-state index in [0.29, 0.717) is 45.0 Å². The molecule has 0 radical (unpaired) electrons. The van der Waals surface area contributed by atoms with Crippen molar-refractivity contribution in [2.75, 3.05) is 37.7 Å². The zero-order chi connectivity index (χ0) is 18.8. The number of pyridine rings is 1. The number of benzene rings is 1. The number of carbonyl (C=O) groups is 1. The summed E-state index contributed by atoms with van der Waals surface area (Å²) in [6.07, 6.45) is 3.74. The van der Waals surface area contributed by atoms with Gasteiger partial charge < -0.3 is 19.9 Å². The number of nitrogens with zero attached hydrogens (tertiary/aromatic N) is 3. The topological polar surface area (TPSA) is 57.7 Å². The lowest BCUT2D eigenvalue weighted by molar-refractivity contribution is 0.194. The molecule has 1 fully saturated rings. The van der Waals surface area contributed by atoms with Gasteiger partial charge in [0.2, 0.25) is 0 Å². The van der Waals surface area contributed by atoms with E-state index in [9.17, 15) is 9.18 Å². The summed E-state index contributed by atoms with van der Waals surface area (Å²) in [5.41, 5.74) is 2.84. The van der Waals surface area contributed by atoms with Crippen LogP contribution in [0.15, 0.2) is 30.6 Å². The minimum absolute atomic E-state index is 0.0903. The number of nitrogens with one attached hydrogen (secondary N) is 1. The van der Waals surface area contributed by atoms with Crippen molar-refractivity contribution in [1.29, 1.82) is 0 Å². The van der Waals surface area contributed by atoms with Gasteiger partial charge in [0.15, 0.2) is 5.82 Å². The van der Waals surface area contributed by atoms with Crippen molar-refractivity contribution in [1.82, 2.24) is 15.2 Å². The molecular formula is C19H22FN4O2P. The second-order valence-corrected chi connectivity index (χ2v) is 7.31. The normalized spacial score (nSPS) is 16.1. The highest BCUT2D eigenvalue weighted by atomic mass is 31.0. The lowest BCUT2D eigenvalue weighted by Crippen LogP contribution is -2.52. The summed E-state index contributed by atoms with van der Waals surface area (Å²) in [7, 11) is 2.52. The highest BCUT2D eigenvalue weighted by molar-refractivity contribution is 7.28. The largest absolute Gasteiger partial charge is 0.493 e. The fourth-order valence-electron chi connectivity index (χ4n) is 3.65. The molecule has 2 aromatic rings. The van der Waals surface area contributed by atoms with Crippen LogP contribution in [0, 0.1) is 5.82 Å². The van der Waals surface area contributed by atoms with E-state index in [2.05, 4.69) is 19.5 Å². The van der Waals surface area contributed by atoms with E-state index >= 15 is 0 Å². The first-order valence-corrected chi connectivity index (χ1v) is 9.61. The third kappa shape index (κ3) is 3.69. The second-order valence-electron chi connectivity index (χ2n) is 6.68. The van der Waals surface area contributed by atoms with Gasteiger partial charge in [-0.05, 0) is 11.6 Å². The Balaban J connectivity index is 1.33. The Kier molecular flexibility index (Phi) is 5.12. The molecule has 1 saturated heterocycles. The quantitative estimate of drug-likeness (QED) is 0.813. The van der Waals surface area contributed by atoms with E-state index < -0.39 is 0 Å². The summed E-state index contributed by atoms with van der Waals surface area (Å²) in [4.78, 5) is 20.1. The van der Waals surface area contributed by atoms with Gasteiger partial charge in [0.05, 0.1) is 18.5 Å². The molecule has 27 heavy (non-hydrogen) atoms. The molecule has 3 heterocycles. The molecule has 0 aliphatic carbocycles. The van der Waals surface area contributed by atoms with Crippen LogP contribution >= 0.6 is 9.24 Å². The van der Waals surface area contributed by atoms with Crippen LogP contribution in [0.4, 0.5) is 14.9 Å². The maximum absolute atomic E-state index is 14.1. The molecule has 1 N–H and O–H groups in total. The van der Waals surface area contributed by atoms with Crippen LogP contribution in [0.25, 0.3) is 0 Å². The first-order valence-electron chi connectivity index (χ1n) is 9.04. The Morgan fingerprint density at radius 1 is 1.26 bits per heavy atom. The van der Waals surface area contributed by atoms with Gasteiger partial charge in [-0.3, -0.25) is 4.98 Å². The summed E-state index contributed by atoms with van der Waals surface area (Å²) in [5.74, 6) is 0.587. The number of hydrogen-bond donors (Lipinski definition) is 1. The van der Waals surface area contributed by atoms with Gasteiger partial charge in [-0.2, -0.15) is 0 Å². The SMILES string of the molecule is O=C(NCc1cccc2c1CCO2)N1CCN(c2c(F)cncc2P)CC1. The maximum atomic E-state index is 14.1. The van der Waals surface area contributed by atoms with Crippen LogP contribution in [0.3, 0.4) is 0 Å². The maximum Gasteiger partial charge on any atom is 0.317 e. The lowest BCUT2D eigenvalue weighted by atomic mass is 10.1. The molecule has 2 aliphatic rings. The van der Waals surface area contributed by atoms with E-state index in [1.54, 1.807) is 11.1 Å². The molecule has 1 aromatic heterocycles. The molecule has 6 nitrogen and oxygen atoms in total. The fourth-order valence-corrected chi connectivity index (χ4v) is 4.06. The lowest BCUT2D eigenvalue weighted by Gasteiger charge is -2.36. The monoisotopic (exact) mass is 388 g/mol. The van der Waals surface area contributed by atoms with Gasteiger partial charge in [-0.25, -0.2) is 9.18 Å². The third-order valence-electron chi connectivity index (χ3n) is 5.05. The van der Waals surface area contributed by atoms with Gasteiger partial charge in [0, 0.05) is 56.2 Å². The van der Waals surface area contributed by atoms with Gasteiger partial charge in [-0.1, -0.05) is 12.1 Å². The van der Waals surface area contributed by atoms with Crippen LogP contribution in [-0.4, -0.2) is 48.7 Å². The number of urea groups is 1. The standard InChI is InChI=1S/C19H22FN4O2P/c20-15-11-21-12-17(27)18(15)23-5-7-24(8-6-23)19(25)22-10-13-2-1-3-16-14(13)4-9-26-16/h1-3,11-12H,4-10,27H2,(H,22,25). The van der Waals surface area contributed by atoms with Crippen molar-refractivity contribution in [2.45, 2.75) is 13.0 Å². The van der Waals surface area contributed by atoms with Crippen molar-refractivity contribution in [3.8, 4) is 5.75 Å². The Morgan fingerprint density at radius 2 is 2.07 bits per heavy atom. The van der Waals surface area contributed by atoms with Gasteiger partial charge in [0.1, 0.15) is 5.75 Å². The van der Waals surface area contributed by atoms with Crippen molar-refractivity contribution >= 4 is 26.3 Å². The van der Waals surface area contributed by atoms with E-state index in [1.807, 2.05) is 23.1 Å². The van der Waals surface area contributed by atoms with Crippen LogP contribution in [0.1, 0.15) is 11.1 Å². The van der Waals surface area contributed by atoms with Crippen LogP contribution in [0.5, 0.6) is 5.75 Å². The average molecular weight is 388 g/mol. The minimum Gasteiger partial charge on any atom is -0.493 e. The highest BCUT2D eigenvalue weighted by Gasteiger charge is 2.24. The summed E-state index contributed by atoms with van der Waals surface area (Å²) >= 11 is 0. The first-order chi connectivity index (χ1) is 13.1. The molecule has 2 amide bonds. The number of carbonyl (C=O) groups excluding carboxylic acids is 1. The van der Waals surface area contributed by atoms with E-state index in [1.165, 1.54) is 11.8 Å². The number of hydrogen-bond acceptors (Lipinski definition) is 4. The smallest absolute Gasteiger partial charge is 0.317 e. The zero-order valence-corrected chi connectivity index (χ0v) is 16.1. The Morgan fingerprint density at radius 3 is 2.85 bits per heavy atom. The predicted octanol–water partition coefficient (Wildman–Crippen LogP) is 1.69. The molecule has 1 unspecified atom stereocenters. The van der Waals surface area contributed by atoms with Gasteiger partial charge >= 0.3 is 6.03 Å². The molecule has 142 valence electrons. The predicted molar refractivity (Wildman–Crippen MR) is 105 cm³/mol. The molecule has 2 aliphatic heterocycles. The molecule has 4 rings (SSSR count). The molecule has 8 heteroatoms. The molecule has 0 spiro atoms. The molecular weight excluding hydrogens is 366 g/mol. The first kappa shape index (κ1) is 18.0. The average Bonchev–Trinajstić information content (AvgIpc) is 3.16. The fraction of sp³-hybridized carbons (Fsp3) is 0.368. The molecule has 0 bridgehead atoms. The summed E-state index contributed by atoms with van der Waals surface area (Å²) < 4.78 is 19.7. The number of rotatable bonds is 3. The van der Waals surface area contributed by atoms with Crippen LogP contribution in [0.2, 0.25) is 0 Å². The van der Waals surface area contributed by atoms with Gasteiger partial charge in [0.25, 0.3) is 0 Å². The van der Waals surface area contributed by atoms with Crippen molar-refractivity contribution < 1.29 is 13.9 Å². The van der Waals surface area contributed by atoms with E-state index in [-0.39, 0.29) is 11.8 Å². The third-order valence-corrected chi connectivity index (χ3v) is 5.48. The van der Waals surface area contributed by atoms with Gasteiger partial charge in [-0.15, -0.1) is 9.24 Å². The van der Waals surface area contributed by atoms with Crippen molar-refractivity contribution in [2.24, 2.45) is 0 Å². The van der Waals surface area contributed by atoms with E-state index in [4.69, 9.17) is 4.74 Å². The Hall–Kier alpha value is -2.40. The van der Waals surface area contributed by atoms with Crippen LogP contribution < -0.4 is 20.3 Å². The second kappa shape index (κ2) is 7.69. The summed E-state index contributed by atoms with van der Waals surface area (Å²) in [6.45, 7) is 3.46. The summed E-state index contributed by atoms with van der Waals surface area (Å²) in [5, 5.41) is 3.73. The number of halogens is 1. The molecule has 1 atom stereocenters. The number of ether oxygens (including phenoxy) is 1. The number of aromatic nitrogens is 1. The Bertz CT molecular complexity index is 835. The number of fused-ring (bicyclic) bond motifs is 1.